The maximum atomic E-state index is 13.1. The molecule has 7 rings (SSSR count). The predicted octanol–water partition coefficient (Wildman–Crippen LogP) is 8.64. The summed E-state index contributed by atoms with van der Waals surface area (Å²) in [6.45, 7) is 7.28. The molecule has 6 nitrogen and oxygen atoms in total. The number of carbonyl (C=O) groups excluding carboxylic acids is 1. The van der Waals surface area contributed by atoms with E-state index in [0.717, 1.165) is 43.6 Å². The molecule has 3 heterocycles. The van der Waals surface area contributed by atoms with Gasteiger partial charge in [0.25, 0.3) is 5.91 Å². The van der Waals surface area contributed by atoms with Crippen molar-refractivity contribution >= 4 is 40.3 Å². The molecule has 1 N–H and O–H groups in total. The van der Waals surface area contributed by atoms with Gasteiger partial charge in [-0.2, -0.15) is 0 Å². The van der Waals surface area contributed by atoms with Crippen LogP contribution in [0.3, 0.4) is 0 Å². The molecule has 3 aliphatic heterocycles. The normalized spacial score (nSPS) is 20.5. The second kappa shape index (κ2) is 13.5. The van der Waals surface area contributed by atoms with Crippen LogP contribution in [0, 0.1) is 0 Å². The van der Waals surface area contributed by atoms with Crippen LogP contribution in [0.4, 0.5) is 11.4 Å². The van der Waals surface area contributed by atoms with Crippen LogP contribution < -0.4 is 19.7 Å². The second-order valence-corrected chi connectivity index (χ2v) is 13.0. The highest BCUT2D eigenvalue weighted by molar-refractivity contribution is 8.18. The average molecular weight is 630 g/mol. The molecule has 0 saturated carbocycles. The van der Waals surface area contributed by atoms with Crippen LogP contribution in [-0.4, -0.2) is 37.4 Å². The standard InChI is InChI=1S/C39H39N3O3S/c1-3-21-45-34-16-15-26(22-35(34)44-4-2)23-36-38(43)41-39(46-36)40-29-24-32-30(27-11-7-5-8-12-27)17-19-42-20-18-31(33(25-29)37(32)42)28-13-9-6-10-14-28/h5-16,22-25,30-31H,3-4,17-21H2,1-2H3,(H,40,41,43)/b36-23-/t30-,31+. The Morgan fingerprint density at radius 2 is 1.50 bits per heavy atom. The van der Waals surface area contributed by atoms with Crippen LogP contribution in [0.2, 0.25) is 0 Å². The van der Waals surface area contributed by atoms with Gasteiger partial charge in [0.15, 0.2) is 16.7 Å². The minimum atomic E-state index is -0.150. The van der Waals surface area contributed by atoms with Crippen LogP contribution in [0.1, 0.15) is 72.8 Å². The number of hydrogen-bond donors (Lipinski definition) is 1. The summed E-state index contributed by atoms with van der Waals surface area (Å²) < 4.78 is 11.7. The Kier molecular flexibility index (Phi) is 8.84. The van der Waals surface area contributed by atoms with E-state index in [1.54, 1.807) is 0 Å². The molecule has 0 radical (unpaired) electrons. The molecule has 46 heavy (non-hydrogen) atoms. The number of benzene rings is 4. The molecule has 0 bridgehead atoms. The number of thioether (sulfide) groups is 1. The number of rotatable bonds is 9. The third-order valence-electron chi connectivity index (χ3n) is 8.91. The lowest BCUT2D eigenvalue weighted by atomic mass is 9.76. The molecule has 4 aromatic rings. The number of hydrogen-bond acceptors (Lipinski definition) is 6. The van der Waals surface area contributed by atoms with E-state index in [-0.39, 0.29) is 5.91 Å². The van der Waals surface area contributed by atoms with E-state index in [1.165, 1.54) is 39.7 Å². The van der Waals surface area contributed by atoms with Gasteiger partial charge in [0.05, 0.1) is 23.8 Å². The minimum absolute atomic E-state index is 0.150. The lowest BCUT2D eigenvalue weighted by Crippen LogP contribution is -2.37. The first kappa shape index (κ1) is 30.2. The molecule has 0 aliphatic carbocycles. The van der Waals surface area contributed by atoms with Crippen molar-refractivity contribution in [1.82, 2.24) is 5.32 Å². The van der Waals surface area contributed by atoms with E-state index in [4.69, 9.17) is 14.5 Å². The van der Waals surface area contributed by atoms with E-state index in [2.05, 4.69) is 89.9 Å². The van der Waals surface area contributed by atoms with Crippen LogP contribution >= 0.6 is 11.8 Å². The van der Waals surface area contributed by atoms with E-state index in [0.29, 0.717) is 46.6 Å². The maximum absolute atomic E-state index is 13.1. The zero-order valence-corrected chi connectivity index (χ0v) is 27.2. The van der Waals surface area contributed by atoms with Crippen molar-refractivity contribution in [3.63, 3.8) is 0 Å². The van der Waals surface area contributed by atoms with Gasteiger partial charge in [0.1, 0.15) is 0 Å². The van der Waals surface area contributed by atoms with Crippen molar-refractivity contribution in [1.29, 1.82) is 0 Å². The fraction of sp³-hybridized carbons (Fsp3) is 0.282. The molecular formula is C39H39N3O3S. The quantitative estimate of drug-likeness (QED) is 0.188. The smallest absolute Gasteiger partial charge is 0.264 e. The summed E-state index contributed by atoms with van der Waals surface area (Å²) in [5.74, 6) is 1.84. The highest BCUT2D eigenvalue weighted by Gasteiger charge is 2.35. The number of aliphatic imine (C=N–C) groups is 1. The monoisotopic (exact) mass is 629 g/mol. The Hall–Kier alpha value is -4.49. The summed E-state index contributed by atoms with van der Waals surface area (Å²) in [6.07, 6.45) is 4.94. The molecule has 1 fully saturated rings. The van der Waals surface area contributed by atoms with Gasteiger partial charge in [0.2, 0.25) is 0 Å². The van der Waals surface area contributed by atoms with E-state index in [1.807, 2.05) is 31.2 Å². The maximum Gasteiger partial charge on any atom is 0.264 e. The molecule has 1 amide bonds. The van der Waals surface area contributed by atoms with Gasteiger partial charge >= 0.3 is 0 Å². The Morgan fingerprint density at radius 3 is 2.11 bits per heavy atom. The topological polar surface area (TPSA) is 63.2 Å². The number of carbonyl (C=O) groups is 1. The van der Waals surface area contributed by atoms with Crippen molar-refractivity contribution in [2.75, 3.05) is 31.2 Å². The van der Waals surface area contributed by atoms with Crippen molar-refractivity contribution < 1.29 is 14.3 Å². The average Bonchev–Trinajstić information content (AvgIpc) is 3.43. The SMILES string of the molecule is CCCOc1ccc(/C=C2\SC(=Nc3cc4c5c(c3)[C@H](c3ccccc3)CCN5CC[C@@H]4c3ccccc3)NC2=O)cc1OCC. The van der Waals surface area contributed by atoms with Crippen LogP contribution in [0.25, 0.3) is 6.08 Å². The van der Waals surface area contributed by atoms with Crippen LogP contribution in [0.5, 0.6) is 11.5 Å². The summed E-state index contributed by atoms with van der Waals surface area (Å²) in [7, 11) is 0. The molecule has 3 aliphatic rings. The number of anilines is 1. The first-order valence-corrected chi connectivity index (χ1v) is 17.1. The predicted molar refractivity (Wildman–Crippen MR) is 189 cm³/mol. The second-order valence-electron chi connectivity index (χ2n) is 11.9. The van der Waals surface area contributed by atoms with E-state index >= 15 is 0 Å². The summed E-state index contributed by atoms with van der Waals surface area (Å²) in [4.78, 5) is 21.4. The number of nitrogens with zero attached hydrogens (tertiary/aromatic N) is 2. The van der Waals surface area contributed by atoms with Crippen molar-refractivity contribution in [2.45, 2.75) is 44.9 Å². The summed E-state index contributed by atoms with van der Waals surface area (Å²) in [5, 5.41) is 3.61. The fourth-order valence-electron chi connectivity index (χ4n) is 6.87. The van der Waals surface area contributed by atoms with Crippen molar-refractivity contribution in [3.8, 4) is 11.5 Å². The molecule has 234 valence electrons. The Labute approximate surface area is 275 Å². The summed E-state index contributed by atoms with van der Waals surface area (Å²) in [5.41, 5.74) is 8.44. The molecular weight excluding hydrogens is 591 g/mol. The zero-order chi connectivity index (χ0) is 31.5. The molecule has 0 aromatic heterocycles. The molecule has 4 aromatic carbocycles. The minimum Gasteiger partial charge on any atom is -0.490 e. The van der Waals surface area contributed by atoms with E-state index in [9.17, 15) is 4.79 Å². The Balaban J connectivity index is 1.25. The highest BCUT2D eigenvalue weighted by atomic mass is 32.2. The van der Waals surface area contributed by atoms with Gasteiger partial charge in [-0.25, -0.2) is 4.99 Å². The number of nitrogens with one attached hydrogen (secondary N) is 1. The molecule has 1 saturated heterocycles. The zero-order valence-electron chi connectivity index (χ0n) is 26.4. The fourth-order valence-corrected chi connectivity index (χ4v) is 7.71. The third-order valence-corrected chi connectivity index (χ3v) is 9.82. The largest absolute Gasteiger partial charge is 0.490 e. The molecule has 0 unspecified atom stereocenters. The van der Waals surface area contributed by atoms with Gasteiger partial charge < -0.3 is 19.7 Å². The van der Waals surface area contributed by atoms with Gasteiger partial charge in [-0.1, -0.05) is 73.7 Å². The third kappa shape index (κ3) is 6.16. The van der Waals surface area contributed by atoms with Crippen LogP contribution in [0.15, 0.2) is 101 Å². The summed E-state index contributed by atoms with van der Waals surface area (Å²) >= 11 is 1.37. The van der Waals surface area contributed by atoms with Gasteiger partial charge in [0, 0.05) is 30.6 Å². The van der Waals surface area contributed by atoms with Gasteiger partial charge in [-0.05, 0) is 96.1 Å². The lowest BCUT2D eigenvalue weighted by molar-refractivity contribution is -0.115. The Bertz CT molecular complexity index is 1710. The van der Waals surface area contributed by atoms with Crippen molar-refractivity contribution in [2.24, 2.45) is 4.99 Å². The first-order valence-electron chi connectivity index (χ1n) is 16.3. The number of amidine groups is 1. The molecule has 7 heteroatoms. The molecule has 2 atom stereocenters. The van der Waals surface area contributed by atoms with E-state index < -0.39 is 0 Å². The number of ether oxygens (including phenoxy) is 2. The molecule has 0 spiro atoms. The number of amides is 1. The van der Waals surface area contributed by atoms with Gasteiger partial charge in [-0.15, -0.1) is 0 Å². The summed E-state index contributed by atoms with van der Waals surface area (Å²) in [6, 6.07) is 32.0. The van der Waals surface area contributed by atoms with Crippen molar-refractivity contribution in [3.05, 3.63) is 124 Å². The van der Waals surface area contributed by atoms with Crippen LogP contribution in [-0.2, 0) is 4.79 Å². The van der Waals surface area contributed by atoms with Gasteiger partial charge in [-0.3, -0.25) is 4.79 Å². The highest BCUT2D eigenvalue weighted by Crippen LogP contribution is 2.50. The Morgan fingerprint density at radius 1 is 0.848 bits per heavy atom. The lowest BCUT2D eigenvalue weighted by Gasteiger charge is -2.43. The first-order chi connectivity index (χ1) is 22.6.